The van der Waals surface area contributed by atoms with Crippen molar-refractivity contribution in [3.63, 3.8) is 0 Å². The Hall–Kier alpha value is -4.40. The normalized spacial score (nSPS) is 10.4. The molecule has 0 radical (unpaired) electrons. The van der Waals surface area contributed by atoms with Gasteiger partial charge in [-0.05, 0) is 48.5 Å². The highest BCUT2D eigenvalue weighted by Gasteiger charge is 2.07. The van der Waals surface area contributed by atoms with Crippen molar-refractivity contribution >= 4 is 12.5 Å². The Kier molecular flexibility index (Phi) is 7.15. The van der Waals surface area contributed by atoms with Crippen molar-refractivity contribution in [3.05, 3.63) is 96.1 Å². The van der Waals surface area contributed by atoms with E-state index in [1.807, 2.05) is 6.07 Å². The number of oxime groups is 1. The van der Waals surface area contributed by atoms with Crippen LogP contribution in [0.2, 0.25) is 0 Å². The molecule has 4 aromatic rings. The fourth-order valence-electron chi connectivity index (χ4n) is 2.46. The van der Waals surface area contributed by atoms with Crippen LogP contribution < -0.4 is 0 Å². The number of halogens is 2. The molecule has 0 atom stereocenters. The number of carbonyl (C=O) groups is 1. The highest BCUT2D eigenvalue weighted by Crippen LogP contribution is 2.16. The number of rotatable bonds is 4. The van der Waals surface area contributed by atoms with Crippen molar-refractivity contribution in [1.29, 1.82) is 0 Å². The molecule has 0 spiro atoms. The quantitative estimate of drug-likeness (QED) is 0.230. The Labute approximate surface area is 175 Å². The third-order valence-electron chi connectivity index (χ3n) is 3.89. The van der Waals surface area contributed by atoms with Gasteiger partial charge in [0, 0.05) is 12.4 Å². The van der Waals surface area contributed by atoms with Gasteiger partial charge in [-0.2, -0.15) is 0 Å². The van der Waals surface area contributed by atoms with Gasteiger partial charge in [-0.15, -0.1) is 0 Å². The van der Waals surface area contributed by atoms with E-state index in [0.29, 0.717) is 29.1 Å². The number of pyridine rings is 4. The summed E-state index contributed by atoms with van der Waals surface area (Å²) >= 11 is 0. The van der Waals surface area contributed by atoms with E-state index in [-0.39, 0.29) is 11.4 Å². The molecule has 4 aromatic heterocycles. The van der Waals surface area contributed by atoms with Crippen LogP contribution in [-0.4, -0.2) is 37.6 Å². The minimum absolute atomic E-state index is 0.0225. The molecule has 9 heteroatoms. The second-order valence-electron chi connectivity index (χ2n) is 5.92. The Balaban J connectivity index is 0.000000176. The predicted molar refractivity (Wildman–Crippen MR) is 110 cm³/mol. The zero-order valence-electron chi connectivity index (χ0n) is 15.9. The molecule has 0 aliphatic carbocycles. The maximum atomic E-state index is 13.2. The lowest BCUT2D eigenvalue weighted by Crippen LogP contribution is -1.96. The summed E-state index contributed by atoms with van der Waals surface area (Å²) in [6.07, 6.45) is 4.57. The molecule has 4 rings (SSSR count). The van der Waals surface area contributed by atoms with Crippen LogP contribution in [0.3, 0.4) is 0 Å². The molecular formula is C22H15F2N5O2. The van der Waals surface area contributed by atoms with Crippen molar-refractivity contribution in [3.8, 4) is 22.8 Å². The molecular weight excluding hydrogens is 404 g/mol. The second-order valence-corrected chi connectivity index (χ2v) is 5.92. The van der Waals surface area contributed by atoms with E-state index in [1.165, 1.54) is 24.3 Å². The molecule has 0 unspecified atom stereocenters. The number of hydrogen-bond acceptors (Lipinski definition) is 7. The Morgan fingerprint density at radius 2 is 1.23 bits per heavy atom. The molecule has 154 valence electrons. The van der Waals surface area contributed by atoms with Gasteiger partial charge in [0.15, 0.2) is 17.9 Å². The van der Waals surface area contributed by atoms with Gasteiger partial charge in [0.25, 0.3) is 0 Å². The maximum Gasteiger partial charge on any atom is 0.171 e. The fourth-order valence-corrected chi connectivity index (χ4v) is 2.46. The van der Waals surface area contributed by atoms with Crippen LogP contribution in [-0.2, 0) is 0 Å². The van der Waals surface area contributed by atoms with Gasteiger partial charge < -0.3 is 5.21 Å². The van der Waals surface area contributed by atoms with E-state index >= 15 is 0 Å². The van der Waals surface area contributed by atoms with Crippen LogP contribution in [0.4, 0.5) is 8.78 Å². The van der Waals surface area contributed by atoms with Crippen LogP contribution in [0.15, 0.2) is 78.2 Å². The summed E-state index contributed by atoms with van der Waals surface area (Å²) in [5.74, 6) is -1.16. The smallest absolute Gasteiger partial charge is 0.171 e. The van der Waals surface area contributed by atoms with E-state index in [4.69, 9.17) is 5.21 Å². The third kappa shape index (κ3) is 5.57. The average molecular weight is 419 g/mol. The van der Waals surface area contributed by atoms with Crippen LogP contribution in [0.25, 0.3) is 22.8 Å². The Bertz CT molecular complexity index is 1190. The summed E-state index contributed by atoms with van der Waals surface area (Å²) < 4.78 is 26.2. The first-order valence-corrected chi connectivity index (χ1v) is 8.91. The van der Waals surface area contributed by atoms with Crippen molar-refractivity contribution in [1.82, 2.24) is 19.9 Å². The number of aromatic nitrogens is 4. The van der Waals surface area contributed by atoms with Crippen LogP contribution >= 0.6 is 0 Å². The molecule has 0 aliphatic heterocycles. The summed E-state index contributed by atoms with van der Waals surface area (Å²) in [5, 5.41) is 11.1. The second kappa shape index (κ2) is 10.4. The summed E-state index contributed by atoms with van der Waals surface area (Å²) in [6.45, 7) is 0. The SMILES string of the molecule is O=Cc1nc(-c2ccccn2)ccc1F.ON=Cc1nc(-c2ccccn2)ccc1F. The number of hydrogen-bond donors (Lipinski definition) is 1. The van der Waals surface area contributed by atoms with Gasteiger partial charge in [-0.25, -0.2) is 18.7 Å². The zero-order valence-corrected chi connectivity index (χ0v) is 15.9. The van der Waals surface area contributed by atoms with Crippen LogP contribution in [0.5, 0.6) is 0 Å². The first kappa shape index (κ1) is 21.3. The summed E-state index contributed by atoms with van der Waals surface area (Å²) in [5.41, 5.74) is 2.04. The minimum Gasteiger partial charge on any atom is -0.411 e. The molecule has 0 saturated carbocycles. The van der Waals surface area contributed by atoms with E-state index < -0.39 is 11.6 Å². The van der Waals surface area contributed by atoms with Gasteiger partial charge in [-0.3, -0.25) is 14.8 Å². The molecule has 0 bridgehead atoms. The lowest BCUT2D eigenvalue weighted by atomic mass is 10.2. The standard InChI is InChI=1S/C11H8FN3O.C11H7FN2O/c12-8-4-5-10(15-11(8)7-14-16)9-3-1-2-6-13-9;12-8-4-5-10(14-11(8)7-15)9-3-1-2-6-13-9/h1-7,16H;1-7H. The van der Waals surface area contributed by atoms with Gasteiger partial charge in [0.2, 0.25) is 0 Å². The number of nitrogens with zero attached hydrogens (tertiary/aromatic N) is 5. The predicted octanol–water partition coefficient (Wildman–Crippen LogP) is 4.19. The lowest BCUT2D eigenvalue weighted by Gasteiger charge is -2.01. The van der Waals surface area contributed by atoms with Crippen molar-refractivity contribution in [2.45, 2.75) is 0 Å². The molecule has 7 nitrogen and oxygen atoms in total. The molecule has 0 fully saturated rings. The number of carbonyl (C=O) groups excluding carboxylic acids is 1. The first-order valence-electron chi connectivity index (χ1n) is 8.91. The lowest BCUT2D eigenvalue weighted by molar-refractivity contribution is 0.111. The van der Waals surface area contributed by atoms with Crippen molar-refractivity contribution in [2.75, 3.05) is 0 Å². The van der Waals surface area contributed by atoms with E-state index in [9.17, 15) is 13.6 Å². The van der Waals surface area contributed by atoms with Gasteiger partial charge in [0.1, 0.15) is 11.4 Å². The molecule has 0 aromatic carbocycles. The molecule has 4 heterocycles. The van der Waals surface area contributed by atoms with Crippen molar-refractivity contribution < 1.29 is 18.8 Å². The number of aldehydes is 1. The third-order valence-corrected chi connectivity index (χ3v) is 3.89. The minimum atomic E-state index is -0.621. The van der Waals surface area contributed by atoms with E-state index in [1.54, 1.807) is 42.7 Å². The van der Waals surface area contributed by atoms with Crippen LogP contribution in [0, 0.1) is 11.6 Å². The topological polar surface area (TPSA) is 101 Å². The highest BCUT2D eigenvalue weighted by molar-refractivity contribution is 5.78. The monoisotopic (exact) mass is 419 g/mol. The molecule has 0 saturated heterocycles. The summed E-state index contributed by atoms with van der Waals surface area (Å²) in [4.78, 5) is 26.5. The molecule has 1 N–H and O–H groups in total. The van der Waals surface area contributed by atoms with Crippen molar-refractivity contribution in [2.24, 2.45) is 5.16 Å². The van der Waals surface area contributed by atoms with Gasteiger partial charge in [0.05, 0.1) is 29.0 Å². The van der Waals surface area contributed by atoms with Gasteiger partial charge >= 0.3 is 0 Å². The maximum absolute atomic E-state index is 13.2. The zero-order chi connectivity index (χ0) is 22.1. The highest BCUT2D eigenvalue weighted by atomic mass is 19.1. The van der Waals surface area contributed by atoms with Crippen LogP contribution in [0.1, 0.15) is 16.2 Å². The summed E-state index contributed by atoms with van der Waals surface area (Å²) in [6, 6.07) is 16.2. The largest absolute Gasteiger partial charge is 0.411 e. The van der Waals surface area contributed by atoms with E-state index in [0.717, 1.165) is 6.21 Å². The molecule has 0 amide bonds. The fraction of sp³-hybridized carbons (Fsp3) is 0. The Morgan fingerprint density at radius 3 is 1.68 bits per heavy atom. The first-order chi connectivity index (χ1) is 15.1. The van der Waals surface area contributed by atoms with Gasteiger partial charge in [-0.1, -0.05) is 17.3 Å². The summed E-state index contributed by atoms with van der Waals surface area (Å²) in [7, 11) is 0. The Morgan fingerprint density at radius 1 is 0.710 bits per heavy atom. The molecule has 0 aliphatic rings. The van der Waals surface area contributed by atoms with E-state index in [2.05, 4.69) is 25.1 Å². The average Bonchev–Trinajstić information content (AvgIpc) is 2.82. The molecule has 31 heavy (non-hydrogen) atoms.